The smallest absolute Gasteiger partial charge is 0.262 e. The molecule has 2 aromatic carbocycles. The summed E-state index contributed by atoms with van der Waals surface area (Å²) < 4.78 is 7.15. The van der Waals surface area contributed by atoms with Gasteiger partial charge in [-0.15, -0.1) is 0 Å². The standard InChI is InChI=1S/C37H36Cl2N6O4/c1-49-35-23(17-40-20-25-9-11-32(46)43-25)8-10-30(44-35)29-7-3-6-28(34(29)39)27-5-2-4-26(33(27)38)22-12-15-45-31(16-22)42-19-24(36(45)47)18-41-21-37(48)13-14-37/h2-8,10,12,15-16,19,25,40-41,48H,9,11,13-14,17-18,20-21H2,1H3,(H,43,46). The largest absolute Gasteiger partial charge is 0.481 e. The Bertz CT molecular complexity index is 2120. The summed E-state index contributed by atoms with van der Waals surface area (Å²) >= 11 is 14.2. The van der Waals surface area contributed by atoms with Gasteiger partial charge in [-0.05, 0) is 43.0 Å². The summed E-state index contributed by atoms with van der Waals surface area (Å²) in [5.74, 6) is 0.585. The lowest BCUT2D eigenvalue weighted by Crippen LogP contribution is -2.35. The number of nitrogens with one attached hydrogen (secondary N) is 3. The van der Waals surface area contributed by atoms with Crippen molar-refractivity contribution in [1.29, 1.82) is 0 Å². The molecule has 1 saturated heterocycles. The third-order valence-electron chi connectivity index (χ3n) is 9.18. The lowest BCUT2D eigenvalue weighted by molar-refractivity contribution is -0.119. The van der Waals surface area contributed by atoms with Crippen LogP contribution in [0.5, 0.6) is 5.88 Å². The van der Waals surface area contributed by atoms with Gasteiger partial charge >= 0.3 is 0 Å². The number of amides is 1. The molecule has 0 spiro atoms. The molecule has 1 aliphatic heterocycles. The van der Waals surface area contributed by atoms with E-state index in [4.69, 9.17) is 32.9 Å². The van der Waals surface area contributed by atoms with Crippen LogP contribution in [-0.4, -0.2) is 57.2 Å². The normalized spacial score (nSPS) is 16.6. The topological polar surface area (TPSA) is 130 Å². The molecular formula is C37H36Cl2N6O4. The van der Waals surface area contributed by atoms with E-state index < -0.39 is 5.60 Å². The molecule has 1 aliphatic carbocycles. The van der Waals surface area contributed by atoms with Crippen LogP contribution < -0.4 is 26.2 Å². The number of nitrogens with zero attached hydrogens (tertiary/aromatic N) is 3. The number of aliphatic hydroxyl groups is 1. The number of carbonyl (C=O) groups excluding carboxylic acids is 1. The number of carbonyl (C=O) groups is 1. The number of halogens is 2. The Morgan fingerprint density at radius 2 is 1.67 bits per heavy atom. The Labute approximate surface area is 293 Å². The van der Waals surface area contributed by atoms with E-state index in [9.17, 15) is 14.7 Å². The first-order valence-electron chi connectivity index (χ1n) is 16.3. The van der Waals surface area contributed by atoms with Gasteiger partial charge in [0, 0.05) is 84.4 Å². The van der Waals surface area contributed by atoms with E-state index >= 15 is 0 Å². The number of ether oxygens (including phenoxy) is 1. The molecule has 49 heavy (non-hydrogen) atoms. The quantitative estimate of drug-likeness (QED) is 0.137. The minimum atomic E-state index is -0.639. The summed E-state index contributed by atoms with van der Waals surface area (Å²) in [6.45, 7) is 2.00. The second-order valence-corrected chi connectivity index (χ2v) is 13.4. The molecule has 0 bridgehead atoms. The van der Waals surface area contributed by atoms with E-state index in [0.29, 0.717) is 65.4 Å². The fraction of sp³-hybridized carbons (Fsp3) is 0.297. The monoisotopic (exact) mass is 698 g/mol. The van der Waals surface area contributed by atoms with Crippen LogP contribution in [0.15, 0.2) is 77.9 Å². The Balaban J connectivity index is 1.12. The van der Waals surface area contributed by atoms with E-state index in [1.54, 1.807) is 19.5 Å². The second kappa shape index (κ2) is 13.9. The highest BCUT2D eigenvalue weighted by atomic mass is 35.5. The van der Waals surface area contributed by atoms with Crippen molar-refractivity contribution in [2.75, 3.05) is 20.2 Å². The van der Waals surface area contributed by atoms with E-state index in [2.05, 4.69) is 20.9 Å². The highest BCUT2D eigenvalue weighted by molar-refractivity contribution is 6.39. The zero-order chi connectivity index (χ0) is 34.1. The fourth-order valence-electron chi connectivity index (χ4n) is 6.20. The first kappa shape index (κ1) is 33.2. The number of methoxy groups -OCH3 is 1. The maximum atomic E-state index is 13.2. The first-order valence-corrected chi connectivity index (χ1v) is 17.0. The third-order valence-corrected chi connectivity index (χ3v) is 9.99. The number of hydrogen-bond acceptors (Lipinski definition) is 8. The number of pyridine rings is 2. The second-order valence-electron chi connectivity index (χ2n) is 12.7. The molecule has 2 fully saturated rings. The lowest BCUT2D eigenvalue weighted by Gasteiger charge is -2.16. The van der Waals surface area contributed by atoms with E-state index in [-0.39, 0.29) is 17.5 Å². The molecule has 4 heterocycles. The summed E-state index contributed by atoms with van der Waals surface area (Å²) in [4.78, 5) is 34.0. The van der Waals surface area contributed by atoms with Crippen molar-refractivity contribution in [3.63, 3.8) is 0 Å². The molecule has 5 aromatic rings. The van der Waals surface area contributed by atoms with Crippen LogP contribution in [0.25, 0.3) is 39.2 Å². The van der Waals surface area contributed by atoms with Gasteiger partial charge in [-0.25, -0.2) is 9.97 Å². The van der Waals surface area contributed by atoms with Crippen LogP contribution in [0.1, 0.15) is 36.8 Å². The molecule has 4 N–H and O–H groups in total. The number of benzene rings is 2. The molecule has 1 atom stereocenters. The van der Waals surface area contributed by atoms with Gasteiger partial charge in [0.2, 0.25) is 11.8 Å². The number of fused-ring (bicyclic) bond motifs is 1. The summed E-state index contributed by atoms with van der Waals surface area (Å²) in [6.07, 6.45) is 6.25. The molecule has 0 radical (unpaired) electrons. The number of aromatic nitrogens is 3. The summed E-state index contributed by atoms with van der Waals surface area (Å²) in [7, 11) is 1.59. The molecule has 3 aromatic heterocycles. The van der Waals surface area contributed by atoms with Crippen molar-refractivity contribution in [1.82, 2.24) is 30.3 Å². The highest BCUT2D eigenvalue weighted by Gasteiger charge is 2.39. The maximum Gasteiger partial charge on any atom is 0.262 e. The molecule has 1 amide bonds. The third kappa shape index (κ3) is 7.06. The lowest BCUT2D eigenvalue weighted by atomic mass is 9.97. The molecule has 12 heteroatoms. The van der Waals surface area contributed by atoms with Gasteiger partial charge in [0.25, 0.3) is 5.56 Å². The van der Waals surface area contributed by atoms with Crippen molar-refractivity contribution >= 4 is 34.8 Å². The number of hydrogen-bond donors (Lipinski definition) is 4. The van der Waals surface area contributed by atoms with Gasteiger partial charge in [0.1, 0.15) is 5.65 Å². The Kier molecular flexibility index (Phi) is 9.41. The zero-order valence-electron chi connectivity index (χ0n) is 26.9. The minimum Gasteiger partial charge on any atom is -0.481 e. The first-order chi connectivity index (χ1) is 23.7. The van der Waals surface area contributed by atoms with E-state index in [1.807, 2.05) is 60.7 Å². The zero-order valence-corrected chi connectivity index (χ0v) is 28.4. The Morgan fingerprint density at radius 1 is 0.959 bits per heavy atom. The van der Waals surface area contributed by atoms with Crippen molar-refractivity contribution in [2.45, 2.75) is 50.4 Å². The molecule has 1 unspecified atom stereocenters. The van der Waals surface area contributed by atoms with Crippen molar-refractivity contribution in [2.24, 2.45) is 0 Å². The van der Waals surface area contributed by atoms with Gasteiger partial charge in [-0.1, -0.05) is 65.7 Å². The van der Waals surface area contributed by atoms with E-state index in [1.165, 1.54) is 4.40 Å². The van der Waals surface area contributed by atoms with Gasteiger partial charge in [0.15, 0.2) is 0 Å². The van der Waals surface area contributed by atoms with Crippen molar-refractivity contribution < 1.29 is 14.6 Å². The van der Waals surface area contributed by atoms with Crippen LogP contribution >= 0.6 is 23.2 Å². The average Bonchev–Trinajstić information content (AvgIpc) is 3.70. The fourth-order valence-corrected chi connectivity index (χ4v) is 6.86. The predicted octanol–water partition coefficient (Wildman–Crippen LogP) is 5.39. The molecule has 252 valence electrons. The van der Waals surface area contributed by atoms with Gasteiger partial charge in [-0.2, -0.15) is 0 Å². The summed E-state index contributed by atoms with van der Waals surface area (Å²) in [6, 6.07) is 19.2. The summed E-state index contributed by atoms with van der Waals surface area (Å²) in [5, 5.41) is 20.6. The molecule has 7 rings (SSSR count). The van der Waals surface area contributed by atoms with Crippen LogP contribution in [0, 0.1) is 0 Å². The maximum absolute atomic E-state index is 13.2. The van der Waals surface area contributed by atoms with Gasteiger partial charge in [0.05, 0.1) is 28.5 Å². The SMILES string of the molecule is COc1nc(-c2cccc(-c3cccc(-c4ccn5c(=O)c(CNCC6(O)CC6)cnc5c4)c3Cl)c2Cl)ccc1CNCC1CCC(=O)N1. The molecule has 2 aliphatic rings. The highest BCUT2D eigenvalue weighted by Crippen LogP contribution is 2.42. The van der Waals surface area contributed by atoms with Crippen LogP contribution in [-0.2, 0) is 17.9 Å². The molecule has 10 nitrogen and oxygen atoms in total. The summed E-state index contributed by atoms with van der Waals surface area (Å²) in [5.41, 5.74) is 5.59. The molecular weight excluding hydrogens is 663 g/mol. The van der Waals surface area contributed by atoms with Crippen molar-refractivity contribution in [3.05, 3.63) is 105 Å². The molecule has 1 saturated carbocycles. The van der Waals surface area contributed by atoms with Gasteiger partial charge < -0.3 is 25.8 Å². The van der Waals surface area contributed by atoms with E-state index in [0.717, 1.165) is 52.6 Å². The predicted molar refractivity (Wildman–Crippen MR) is 191 cm³/mol. The van der Waals surface area contributed by atoms with Crippen LogP contribution in [0.2, 0.25) is 10.0 Å². The Morgan fingerprint density at radius 3 is 2.39 bits per heavy atom. The average molecular weight is 700 g/mol. The number of rotatable bonds is 12. The van der Waals surface area contributed by atoms with Crippen molar-refractivity contribution in [3.8, 4) is 39.4 Å². The van der Waals surface area contributed by atoms with Gasteiger partial charge in [-0.3, -0.25) is 14.0 Å². The minimum absolute atomic E-state index is 0.0936. The Hall–Kier alpha value is -4.32. The van der Waals surface area contributed by atoms with Crippen LogP contribution in [0.4, 0.5) is 0 Å². The van der Waals surface area contributed by atoms with Crippen LogP contribution in [0.3, 0.4) is 0 Å².